The molecule has 1 saturated carbocycles. The average Bonchev–Trinajstić information content (AvgIpc) is 3.52. The van der Waals surface area contributed by atoms with E-state index < -0.39 is 24.3 Å². The number of carboxylic acid groups (broad SMARTS) is 1. The maximum Gasteiger partial charge on any atom is 0.417 e. The molecule has 0 amide bonds. The number of carbonyl (C=O) groups is 1. The lowest BCUT2D eigenvalue weighted by atomic mass is 10.1. The summed E-state index contributed by atoms with van der Waals surface area (Å²) in [6.07, 6.45) is -1.07. The van der Waals surface area contributed by atoms with Crippen molar-refractivity contribution in [3.8, 4) is 22.8 Å². The normalized spacial score (nSPS) is 13.6. The summed E-state index contributed by atoms with van der Waals surface area (Å²) in [5.74, 6) is 0.672. The Hall–Kier alpha value is -3.07. The van der Waals surface area contributed by atoms with Crippen LogP contribution in [0.3, 0.4) is 0 Å². The molecule has 1 heterocycles. The van der Waals surface area contributed by atoms with Gasteiger partial charge in [0.25, 0.3) is 0 Å². The highest BCUT2D eigenvalue weighted by atomic mass is 32.1. The second-order valence-electron chi connectivity index (χ2n) is 8.23. The van der Waals surface area contributed by atoms with Crippen LogP contribution < -0.4 is 9.47 Å². The maximum absolute atomic E-state index is 13.3. The Morgan fingerprint density at radius 2 is 1.94 bits per heavy atom. The maximum atomic E-state index is 13.3. The van der Waals surface area contributed by atoms with E-state index in [2.05, 4.69) is 4.98 Å². The van der Waals surface area contributed by atoms with Crippen LogP contribution >= 0.6 is 11.3 Å². The summed E-state index contributed by atoms with van der Waals surface area (Å²) in [7, 11) is 0. The number of ether oxygens (including phenoxy) is 2. The van der Waals surface area contributed by atoms with E-state index in [1.165, 1.54) is 23.5 Å². The summed E-state index contributed by atoms with van der Waals surface area (Å²) in [5.41, 5.74) is 1.55. The minimum atomic E-state index is -4.43. The lowest BCUT2D eigenvalue weighted by Crippen LogP contribution is -2.10. The van der Waals surface area contributed by atoms with Gasteiger partial charge in [0.05, 0.1) is 22.9 Å². The molecule has 4 rings (SSSR count). The molecule has 1 aliphatic carbocycles. The van der Waals surface area contributed by atoms with E-state index in [0.29, 0.717) is 36.8 Å². The fourth-order valence-electron chi connectivity index (χ4n) is 3.72. The number of aryl methyl sites for hydroxylation is 2. The summed E-state index contributed by atoms with van der Waals surface area (Å²) >= 11 is 1.34. The first-order valence-corrected chi connectivity index (χ1v) is 11.8. The molecule has 1 aromatic heterocycles. The Kier molecular flexibility index (Phi) is 7.11. The van der Waals surface area contributed by atoms with Crippen molar-refractivity contribution >= 4 is 17.3 Å². The number of thiazole rings is 1. The number of nitrogens with zero attached hydrogens (tertiary/aromatic N) is 1. The number of carboxylic acids is 1. The zero-order valence-electron chi connectivity index (χ0n) is 18.5. The van der Waals surface area contributed by atoms with Gasteiger partial charge in [0, 0.05) is 22.9 Å². The van der Waals surface area contributed by atoms with E-state index in [9.17, 15) is 18.0 Å². The molecule has 5 nitrogen and oxygen atoms in total. The van der Waals surface area contributed by atoms with Gasteiger partial charge < -0.3 is 14.6 Å². The third-order valence-corrected chi connectivity index (χ3v) is 6.44. The topological polar surface area (TPSA) is 68.7 Å². The van der Waals surface area contributed by atoms with Gasteiger partial charge in [-0.05, 0) is 55.9 Å². The standard InChI is InChI=1S/C25H24F3NO4S/c1-15-11-22(18(16-8-9-16)12-21(15)33-13-24(30)31)32-10-4-7-23-29-20(14-34-23)17-5-2-3-6-19(17)25(26,27)28/h2-3,5-6,11-12,14,16H,4,7-10,13H2,1H3,(H,30,31). The van der Waals surface area contributed by atoms with Gasteiger partial charge in [-0.15, -0.1) is 11.3 Å². The first kappa shape index (κ1) is 24.1. The van der Waals surface area contributed by atoms with Crippen LogP contribution in [-0.2, 0) is 17.4 Å². The molecule has 1 aliphatic rings. The zero-order chi connectivity index (χ0) is 24.3. The SMILES string of the molecule is Cc1cc(OCCCc2nc(-c3ccccc3C(F)(F)F)cs2)c(C2CC2)cc1OCC(=O)O. The third kappa shape index (κ3) is 5.88. The van der Waals surface area contributed by atoms with Crippen molar-refractivity contribution in [2.24, 2.45) is 0 Å². The second-order valence-corrected chi connectivity index (χ2v) is 9.18. The Labute approximate surface area is 199 Å². The molecule has 0 radical (unpaired) electrons. The molecular formula is C25H24F3NO4S. The van der Waals surface area contributed by atoms with Crippen LogP contribution in [0.5, 0.6) is 11.5 Å². The van der Waals surface area contributed by atoms with Gasteiger partial charge in [-0.1, -0.05) is 18.2 Å². The highest BCUT2D eigenvalue weighted by molar-refractivity contribution is 7.09. The van der Waals surface area contributed by atoms with Gasteiger partial charge in [0.1, 0.15) is 11.5 Å². The van der Waals surface area contributed by atoms with E-state index in [-0.39, 0.29) is 5.56 Å². The van der Waals surface area contributed by atoms with Gasteiger partial charge in [0.15, 0.2) is 6.61 Å². The number of hydrogen-bond donors (Lipinski definition) is 1. The summed E-state index contributed by atoms with van der Waals surface area (Å²) in [6, 6.07) is 9.21. The molecule has 2 aromatic carbocycles. The number of aliphatic carboxylic acids is 1. The van der Waals surface area contributed by atoms with Crippen molar-refractivity contribution in [3.63, 3.8) is 0 Å². The predicted octanol–water partition coefficient (Wildman–Crippen LogP) is 6.49. The summed E-state index contributed by atoms with van der Waals surface area (Å²) < 4.78 is 51.3. The van der Waals surface area contributed by atoms with Crippen LogP contribution in [0.4, 0.5) is 13.2 Å². The molecular weight excluding hydrogens is 467 g/mol. The van der Waals surface area contributed by atoms with Crippen molar-refractivity contribution < 1.29 is 32.5 Å². The summed E-state index contributed by atoms with van der Waals surface area (Å²) in [4.78, 5) is 15.2. The fraction of sp³-hybridized carbons (Fsp3) is 0.360. The predicted molar refractivity (Wildman–Crippen MR) is 123 cm³/mol. The van der Waals surface area contributed by atoms with Crippen LogP contribution in [0.2, 0.25) is 0 Å². The minimum Gasteiger partial charge on any atom is -0.493 e. The van der Waals surface area contributed by atoms with Crippen molar-refractivity contribution in [2.75, 3.05) is 13.2 Å². The summed E-state index contributed by atoms with van der Waals surface area (Å²) in [5, 5.41) is 11.3. The summed E-state index contributed by atoms with van der Waals surface area (Å²) in [6.45, 7) is 1.88. The molecule has 9 heteroatoms. The van der Waals surface area contributed by atoms with Crippen LogP contribution in [0.25, 0.3) is 11.3 Å². The molecule has 1 fully saturated rings. The van der Waals surface area contributed by atoms with Crippen molar-refractivity contribution in [1.29, 1.82) is 0 Å². The van der Waals surface area contributed by atoms with Crippen LogP contribution in [-0.4, -0.2) is 29.3 Å². The number of benzene rings is 2. The van der Waals surface area contributed by atoms with Gasteiger partial charge in [-0.3, -0.25) is 0 Å². The van der Waals surface area contributed by atoms with Crippen molar-refractivity contribution in [3.05, 3.63) is 63.5 Å². The van der Waals surface area contributed by atoms with Crippen molar-refractivity contribution in [1.82, 2.24) is 4.98 Å². The highest BCUT2D eigenvalue weighted by Gasteiger charge is 2.34. The molecule has 0 bridgehead atoms. The van der Waals surface area contributed by atoms with E-state index >= 15 is 0 Å². The van der Waals surface area contributed by atoms with Gasteiger partial charge >= 0.3 is 12.1 Å². The fourth-order valence-corrected chi connectivity index (χ4v) is 4.56. The van der Waals surface area contributed by atoms with Crippen LogP contribution in [0, 0.1) is 6.92 Å². The number of hydrogen-bond acceptors (Lipinski definition) is 5. The number of rotatable bonds is 10. The first-order valence-electron chi connectivity index (χ1n) is 11.0. The molecule has 0 saturated heterocycles. The number of halogens is 3. The van der Waals surface area contributed by atoms with E-state index in [1.54, 1.807) is 11.4 Å². The highest BCUT2D eigenvalue weighted by Crippen LogP contribution is 2.46. The van der Waals surface area contributed by atoms with Crippen molar-refractivity contribution in [2.45, 2.75) is 44.7 Å². The largest absolute Gasteiger partial charge is 0.493 e. The molecule has 0 atom stereocenters. The third-order valence-electron chi connectivity index (χ3n) is 5.53. The second kappa shape index (κ2) is 10.0. The molecule has 180 valence electrons. The molecule has 0 aliphatic heterocycles. The lowest BCUT2D eigenvalue weighted by Gasteiger charge is -2.15. The quantitative estimate of drug-likeness (QED) is 0.328. The van der Waals surface area contributed by atoms with Gasteiger partial charge in [0.2, 0.25) is 0 Å². The van der Waals surface area contributed by atoms with Crippen LogP contribution in [0.15, 0.2) is 41.8 Å². The Balaban J connectivity index is 1.37. The molecule has 34 heavy (non-hydrogen) atoms. The molecule has 0 unspecified atom stereocenters. The van der Waals surface area contributed by atoms with Gasteiger partial charge in [-0.2, -0.15) is 13.2 Å². The van der Waals surface area contributed by atoms with Gasteiger partial charge in [-0.25, -0.2) is 9.78 Å². The first-order chi connectivity index (χ1) is 16.2. The Morgan fingerprint density at radius 1 is 1.18 bits per heavy atom. The van der Waals surface area contributed by atoms with Crippen LogP contribution in [0.1, 0.15) is 46.9 Å². The van der Waals surface area contributed by atoms with E-state index in [0.717, 1.165) is 40.8 Å². The van der Waals surface area contributed by atoms with E-state index in [1.807, 2.05) is 19.1 Å². The number of aromatic nitrogens is 1. The Bertz CT molecular complexity index is 1170. The lowest BCUT2D eigenvalue weighted by molar-refractivity contribution is -0.139. The smallest absolute Gasteiger partial charge is 0.417 e. The molecule has 3 aromatic rings. The molecule has 1 N–H and O–H groups in total. The van der Waals surface area contributed by atoms with E-state index in [4.69, 9.17) is 14.6 Å². The number of alkyl halides is 3. The minimum absolute atomic E-state index is 0.0866. The average molecular weight is 492 g/mol. The molecule has 0 spiro atoms. The zero-order valence-corrected chi connectivity index (χ0v) is 19.3. The Morgan fingerprint density at radius 3 is 2.65 bits per heavy atom. The monoisotopic (exact) mass is 491 g/mol.